The van der Waals surface area contributed by atoms with Gasteiger partial charge in [-0.2, -0.15) is 0 Å². The van der Waals surface area contributed by atoms with Gasteiger partial charge in [-0.15, -0.1) is 0 Å². The fourth-order valence-electron chi connectivity index (χ4n) is 5.58. The molecule has 1 saturated carbocycles. The minimum atomic E-state index is -0.264. The second kappa shape index (κ2) is 7.53. The topological polar surface area (TPSA) is 71.1 Å². The molecule has 2 rings (SSSR count). The SMILES string of the molecule is BC(C)(C)[C@]1(C)[C@@H](C(C)C)C1(C)[C@@H](C)NC(=O)c1cccc(C(=O)NCC)n1. The molecule has 0 bridgehead atoms. The summed E-state index contributed by atoms with van der Waals surface area (Å²) in [5.74, 6) is 0.558. The van der Waals surface area contributed by atoms with Crippen LogP contribution in [0.4, 0.5) is 0 Å². The molecule has 0 radical (unpaired) electrons. The predicted molar refractivity (Wildman–Crippen MR) is 116 cm³/mol. The molecule has 154 valence electrons. The van der Waals surface area contributed by atoms with Gasteiger partial charge in [0.2, 0.25) is 0 Å². The molecule has 28 heavy (non-hydrogen) atoms. The number of carbonyl (C=O) groups excluding carboxylic acids is 2. The minimum absolute atomic E-state index is 0.00767. The Kier molecular flexibility index (Phi) is 6.03. The maximum absolute atomic E-state index is 12.9. The lowest BCUT2D eigenvalue weighted by Gasteiger charge is -2.35. The first-order valence-electron chi connectivity index (χ1n) is 10.4. The van der Waals surface area contributed by atoms with E-state index in [0.717, 1.165) is 0 Å². The van der Waals surface area contributed by atoms with E-state index in [9.17, 15) is 9.59 Å². The zero-order valence-corrected chi connectivity index (χ0v) is 18.9. The minimum Gasteiger partial charge on any atom is -0.351 e. The Hall–Kier alpha value is -1.85. The third-order valence-electron chi connectivity index (χ3n) is 7.33. The Labute approximate surface area is 170 Å². The molecule has 4 atom stereocenters. The van der Waals surface area contributed by atoms with Gasteiger partial charge in [0, 0.05) is 12.6 Å². The summed E-state index contributed by atoms with van der Waals surface area (Å²) in [7, 11) is 2.29. The molecule has 5 nitrogen and oxygen atoms in total. The molecule has 1 aliphatic carbocycles. The van der Waals surface area contributed by atoms with Gasteiger partial charge in [-0.1, -0.05) is 52.9 Å². The summed E-state index contributed by atoms with van der Waals surface area (Å²) in [6, 6.07) is 4.97. The first kappa shape index (κ1) is 22.4. The fourth-order valence-corrected chi connectivity index (χ4v) is 5.58. The van der Waals surface area contributed by atoms with E-state index in [-0.39, 0.29) is 45.4 Å². The van der Waals surface area contributed by atoms with Crippen LogP contribution in [0.3, 0.4) is 0 Å². The van der Waals surface area contributed by atoms with Crippen molar-refractivity contribution in [3.63, 3.8) is 0 Å². The van der Waals surface area contributed by atoms with Gasteiger partial charge in [0.15, 0.2) is 0 Å². The first-order valence-corrected chi connectivity index (χ1v) is 10.4. The van der Waals surface area contributed by atoms with Crippen molar-refractivity contribution in [3.8, 4) is 0 Å². The molecule has 0 saturated heterocycles. The standard InChI is InChI=1S/C22H36BN3O2/c1-9-24-18(27)15-11-10-12-16(26-15)19(28)25-14(4)21(7)17(13(2)3)22(21,8)20(5,6)23/h10-14,17H,9,23H2,1-8H3,(H,24,27)(H,25,28)/t14-,17+,21?,22+/m1/s1. The van der Waals surface area contributed by atoms with Crippen LogP contribution in [0.25, 0.3) is 0 Å². The smallest absolute Gasteiger partial charge is 0.270 e. The third kappa shape index (κ3) is 3.46. The van der Waals surface area contributed by atoms with E-state index in [2.05, 4.69) is 71.9 Å². The molecule has 2 amide bonds. The van der Waals surface area contributed by atoms with Gasteiger partial charge in [0.1, 0.15) is 19.2 Å². The monoisotopic (exact) mass is 385 g/mol. The Bertz CT molecular complexity index is 758. The van der Waals surface area contributed by atoms with Crippen molar-refractivity contribution >= 4 is 19.7 Å². The van der Waals surface area contributed by atoms with Crippen molar-refractivity contribution in [3.05, 3.63) is 29.6 Å². The average molecular weight is 385 g/mol. The Morgan fingerprint density at radius 2 is 1.71 bits per heavy atom. The number of nitrogens with one attached hydrogen (secondary N) is 2. The molecular weight excluding hydrogens is 349 g/mol. The second-order valence-electron chi connectivity index (χ2n) is 9.92. The van der Waals surface area contributed by atoms with Crippen LogP contribution in [0.1, 0.15) is 76.4 Å². The lowest BCUT2D eigenvalue weighted by Crippen LogP contribution is -2.42. The van der Waals surface area contributed by atoms with E-state index >= 15 is 0 Å². The van der Waals surface area contributed by atoms with Gasteiger partial charge in [0.05, 0.1) is 0 Å². The third-order valence-corrected chi connectivity index (χ3v) is 7.33. The van der Waals surface area contributed by atoms with Crippen LogP contribution in [0.5, 0.6) is 0 Å². The van der Waals surface area contributed by atoms with Gasteiger partial charge in [-0.05, 0) is 48.6 Å². The van der Waals surface area contributed by atoms with Crippen LogP contribution < -0.4 is 10.6 Å². The van der Waals surface area contributed by atoms with E-state index in [0.29, 0.717) is 18.4 Å². The molecule has 0 spiro atoms. The molecule has 0 aliphatic heterocycles. The predicted octanol–water partition coefficient (Wildman–Crippen LogP) is 3.08. The Morgan fingerprint density at radius 3 is 2.14 bits per heavy atom. The number of amides is 2. The van der Waals surface area contributed by atoms with Crippen molar-refractivity contribution in [2.45, 2.75) is 66.7 Å². The van der Waals surface area contributed by atoms with Gasteiger partial charge in [-0.3, -0.25) is 9.59 Å². The maximum atomic E-state index is 12.9. The second-order valence-corrected chi connectivity index (χ2v) is 9.92. The van der Waals surface area contributed by atoms with E-state index < -0.39 is 0 Å². The molecule has 1 aliphatic rings. The highest BCUT2D eigenvalue weighted by atomic mass is 16.2. The summed E-state index contributed by atoms with van der Waals surface area (Å²) in [5, 5.41) is 6.02. The number of hydrogen-bond acceptors (Lipinski definition) is 3. The number of pyridine rings is 1. The highest BCUT2D eigenvalue weighted by Crippen LogP contribution is 2.80. The number of aromatic nitrogens is 1. The molecule has 1 fully saturated rings. The summed E-state index contributed by atoms with van der Waals surface area (Å²) in [6.07, 6.45) is 0. The van der Waals surface area contributed by atoms with Gasteiger partial charge < -0.3 is 10.6 Å². The molecular formula is C22H36BN3O2. The van der Waals surface area contributed by atoms with Gasteiger partial charge in [0.25, 0.3) is 11.8 Å². The molecule has 6 heteroatoms. The summed E-state index contributed by atoms with van der Waals surface area (Å²) >= 11 is 0. The van der Waals surface area contributed by atoms with E-state index in [1.165, 1.54) is 0 Å². The average Bonchev–Trinajstić information content (AvgIpc) is 3.14. The zero-order chi connectivity index (χ0) is 21.5. The number of hydrogen-bond donors (Lipinski definition) is 2. The number of rotatable bonds is 7. The largest absolute Gasteiger partial charge is 0.351 e. The van der Waals surface area contributed by atoms with Gasteiger partial charge >= 0.3 is 0 Å². The van der Waals surface area contributed by atoms with Gasteiger partial charge in [-0.25, -0.2) is 4.98 Å². The first-order chi connectivity index (χ1) is 12.8. The van der Waals surface area contributed by atoms with Crippen molar-refractivity contribution < 1.29 is 9.59 Å². The van der Waals surface area contributed by atoms with Crippen LogP contribution in [0.2, 0.25) is 5.31 Å². The van der Waals surface area contributed by atoms with E-state index in [1.807, 2.05) is 6.92 Å². The highest BCUT2D eigenvalue weighted by Gasteiger charge is 2.76. The van der Waals surface area contributed by atoms with Crippen molar-refractivity contribution in [1.82, 2.24) is 15.6 Å². The fraction of sp³-hybridized carbons (Fsp3) is 0.682. The number of carbonyl (C=O) groups is 2. The van der Waals surface area contributed by atoms with Crippen LogP contribution in [0.15, 0.2) is 18.2 Å². The molecule has 1 unspecified atom stereocenters. The lowest BCUT2D eigenvalue weighted by molar-refractivity contribution is 0.0905. The zero-order valence-electron chi connectivity index (χ0n) is 18.9. The van der Waals surface area contributed by atoms with E-state index in [4.69, 9.17) is 0 Å². The Morgan fingerprint density at radius 1 is 1.18 bits per heavy atom. The van der Waals surface area contributed by atoms with Crippen LogP contribution in [-0.2, 0) is 0 Å². The van der Waals surface area contributed by atoms with Crippen molar-refractivity contribution in [2.24, 2.45) is 22.7 Å². The maximum Gasteiger partial charge on any atom is 0.270 e. The normalized spacial score (nSPS) is 28.0. The number of nitrogens with zero attached hydrogens (tertiary/aromatic N) is 1. The summed E-state index contributed by atoms with van der Waals surface area (Å²) in [4.78, 5) is 29.2. The molecule has 0 aromatic carbocycles. The summed E-state index contributed by atoms with van der Waals surface area (Å²) in [5.41, 5.74) is 0.654. The quantitative estimate of drug-likeness (QED) is 0.709. The van der Waals surface area contributed by atoms with Crippen LogP contribution in [-0.4, -0.2) is 37.2 Å². The van der Waals surface area contributed by atoms with Crippen LogP contribution in [0, 0.1) is 22.7 Å². The highest BCUT2D eigenvalue weighted by molar-refractivity contribution is 6.15. The molecule has 1 heterocycles. The molecule has 2 N–H and O–H groups in total. The Balaban J connectivity index is 2.23. The lowest BCUT2D eigenvalue weighted by atomic mass is 9.58. The van der Waals surface area contributed by atoms with Crippen LogP contribution >= 0.6 is 0 Å². The van der Waals surface area contributed by atoms with Crippen molar-refractivity contribution in [1.29, 1.82) is 0 Å². The summed E-state index contributed by atoms with van der Waals surface area (Å²) < 4.78 is 0. The molecule has 1 aromatic rings. The molecule has 1 aromatic heterocycles. The summed E-state index contributed by atoms with van der Waals surface area (Å²) in [6.45, 7) is 18.2. The van der Waals surface area contributed by atoms with E-state index in [1.54, 1.807) is 18.2 Å². The van der Waals surface area contributed by atoms with Crippen molar-refractivity contribution in [2.75, 3.05) is 6.54 Å².